The number of halogens is 1. The molecule has 11 heteroatoms. The van der Waals surface area contributed by atoms with Crippen molar-refractivity contribution in [2.75, 3.05) is 17.9 Å². The summed E-state index contributed by atoms with van der Waals surface area (Å²) in [7, 11) is -1.84. The minimum Gasteiger partial charge on any atom is -0.298 e. The maximum atomic E-state index is 13.3. The van der Waals surface area contributed by atoms with Gasteiger partial charge in [-0.15, -0.1) is 11.3 Å². The lowest BCUT2D eigenvalue weighted by molar-refractivity contribution is -0.117. The predicted octanol–water partition coefficient (Wildman–Crippen LogP) is 10.1. The Balaban J connectivity index is 0.000000196. The van der Waals surface area contributed by atoms with Crippen LogP contribution in [0.15, 0.2) is 151 Å². The van der Waals surface area contributed by atoms with E-state index in [-0.39, 0.29) is 34.5 Å². The van der Waals surface area contributed by atoms with Crippen LogP contribution in [0.25, 0.3) is 10.2 Å². The lowest BCUT2D eigenvalue weighted by atomic mass is 10.0. The van der Waals surface area contributed by atoms with E-state index in [2.05, 4.69) is 64.4 Å². The van der Waals surface area contributed by atoms with Gasteiger partial charge in [-0.3, -0.25) is 23.8 Å². The van der Waals surface area contributed by atoms with Crippen LogP contribution in [0.5, 0.6) is 0 Å². The molecule has 296 valence electrons. The van der Waals surface area contributed by atoms with E-state index in [0.717, 1.165) is 50.2 Å². The van der Waals surface area contributed by atoms with Crippen LogP contribution in [0.2, 0.25) is 5.02 Å². The van der Waals surface area contributed by atoms with Crippen LogP contribution < -0.4 is 4.31 Å². The van der Waals surface area contributed by atoms with Crippen LogP contribution in [-0.4, -0.2) is 48.4 Å². The third kappa shape index (κ3) is 11.5. The number of carbonyl (C=O) groups excluding carboxylic acids is 2. The summed E-state index contributed by atoms with van der Waals surface area (Å²) >= 11 is 8.00. The average Bonchev–Trinajstić information content (AvgIpc) is 3.61. The number of pyridine rings is 1. The molecule has 0 amide bonds. The van der Waals surface area contributed by atoms with Gasteiger partial charge in [0.05, 0.1) is 37.4 Å². The number of aryl methyl sites for hydroxylation is 3. The molecule has 0 bridgehead atoms. The van der Waals surface area contributed by atoms with Gasteiger partial charge in [-0.25, -0.2) is 13.4 Å². The number of Topliss-reactive ketones (excluding diaryl/α,β-unsaturated/α-hetero) is 2. The number of thiazole rings is 1. The number of hydrogen-bond acceptors (Lipinski definition) is 8. The van der Waals surface area contributed by atoms with Gasteiger partial charge in [-0.2, -0.15) is 0 Å². The number of carbonyl (C=O) groups is 2. The summed E-state index contributed by atoms with van der Waals surface area (Å²) in [6.07, 6.45) is 4.47. The third-order valence-electron chi connectivity index (χ3n) is 9.41. The number of benzene rings is 5. The van der Waals surface area contributed by atoms with Crippen molar-refractivity contribution in [2.24, 2.45) is 0 Å². The maximum Gasteiger partial charge on any atom is 0.264 e. The van der Waals surface area contributed by atoms with Crippen molar-refractivity contribution in [3.63, 3.8) is 0 Å². The Morgan fingerprint density at radius 3 is 2.05 bits per heavy atom. The molecule has 0 fully saturated rings. The van der Waals surface area contributed by atoms with Crippen molar-refractivity contribution in [3.8, 4) is 0 Å². The van der Waals surface area contributed by atoms with Gasteiger partial charge in [-0.1, -0.05) is 96.5 Å². The Labute approximate surface area is 349 Å². The van der Waals surface area contributed by atoms with E-state index in [1.165, 1.54) is 28.0 Å². The third-order valence-corrected chi connectivity index (χ3v) is 12.5. The zero-order chi connectivity index (χ0) is 41.1. The van der Waals surface area contributed by atoms with Gasteiger partial charge >= 0.3 is 0 Å². The summed E-state index contributed by atoms with van der Waals surface area (Å²) in [5.41, 5.74) is 7.38. The van der Waals surface area contributed by atoms with Gasteiger partial charge in [0.15, 0.2) is 11.6 Å². The minimum atomic E-state index is -3.95. The lowest BCUT2D eigenvalue weighted by Crippen LogP contribution is -2.36. The first kappa shape index (κ1) is 42.1. The highest BCUT2D eigenvalue weighted by atomic mass is 35.5. The first-order valence-corrected chi connectivity index (χ1v) is 21.5. The Morgan fingerprint density at radius 1 is 0.724 bits per heavy atom. The molecule has 0 unspecified atom stereocenters. The number of anilines is 1. The summed E-state index contributed by atoms with van der Waals surface area (Å²) < 4.78 is 28.9. The highest BCUT2D eigenvalue weighted by molar-refractivity contribution is 7.92. The van der Waals surface area contributed by atoms with E-state index in [1.807, 2.05) is 56.3 Å². The van der Waals surface area contributed by atoms with Crippen LogP contribution in [-0.2, 0) is 40.7 Å². The van der Waals surface area contributed by atoms with Crippen molar-refractivity contribution in [1.82, 2.24) is 14.9 Å². The lowest BCUT2D eigenvalue weighted by Gasteiger charge is -2.25. The standard InChI is InChI=1S/C25H24N2OS.C22H21ClN2O3S/c1-18-26-23-14-21(10-13-25(23)29-18)15-24(28)22-11-8-20(9-12-22)17-27(2)16-19-6-4-3-5-7-19;1-17-7-10-21(23)22(15-17)25(29(27,28)20-5-3-2-4-6-20)16-19(26)9-8-18-11-13-24-14-12-18/h3-14H,15-17H2,1-2H3;2-7,10-15H,8-9,16H2,1H3. The quantitative estimate of drug-likeness (QED) is 0.0949. The number of sulfonamides is 1. The van der Waals surface area contributed by atoms with Gasteiger partial charge in [0, 0.05) is 43.9 Å². The summed E-state index contributed by atoms with van der Waals surface area (Å²) in [6.45, 7) is 5.32. The maximum absolute atomic E-state index is 13.3. The van der Waals surface area contributed by atoms with Crippen molar-refractivity contribution >= 4 is 60.4 Å². The summed E-state index contributed by atoms with van der Waals surface area (Å²) in [4.78, 5) is 36.3. The summed E-state index contributed by atoms with van der Waals surface area (Å²) in [5.74, 6) is -0.0561. The molecule has 0 aliphatic carbocycles. The second-order valence-electron chi connectivity index (χ2n) is 14.2. The molecule has 0 saturated heterocycles. The van der Waals surface area contributed by atoms with Crippen molar-refractivity contribution in [1.29, 1.82) is 0 Å². The molecule has 0 N–H and O–H groups in total. The first-order chi connectivity index (χ1) is 27.9. The number of rotatable bonds is 15. The predicted molar refractivity (Wildman–Crippen MR) is 235 cm³/mol. The highest BCUT2D eigenvalue weighted by Gasteiger charge is 2.28. The summed E-state index contributed by atoms with van der Waals surface area (Å²) in [5, 5.41) is 1.33. The molecule has 2 heterocycles. The van der Waals surface area contributed by atoms with Crippen LogP contribution in [0, 0.1) is 13.8 Å². The van der Waals surface area contributed by atoms with Crippen LogP contribution in [0.1, 0.15) is 49.6 Å². The molecule has 5 aromatic carbocycles. The normalized spacial score (nSPS) is 11.3. The van der Waals surface area contributed by atoms with Gasteiger partial charge < -0.3 is 0 Å². The molecule has 2 aromatic heterocycles. The van der Waals surface area contributed by atoms with E-state index >= 15 is 0 Å². The van der Waals surface area contributed by atoms with E-state index in [9.17, 15) is 18.0 Å². The second-order valence-corrected chi connectivity index (χ2v) is 17.7. The molecule has 0 radical (unpaired) electrons. The fourth-order valence-corrected chi connectivity index (χ4v) is 9.01. The molecule has 58 heavy (non-hydrogen) atoms. The van der Waals surface area contributed by atoms with E-state index in [1.54, 1.807) is 60.1 Å². The molecule has 0 atom stereocenters. The number of nitrogens with zero attached hydrogens (tertiary/aromatic N) is 4. The highest BCUT2D eigenvalue weighted by Crippen LogP contribution is 2.32. The Morgan fingerprint density at radius 2 is 1.36 bits per heavy atom. The fraction of sp³-hybridized carbons (Fsp3) is 0.191. The fourth-order valence-electron chi connectivity index (χ4n) is 6.45. The van der Waals surface area contributed by atoms with Crippen molar-refractivity contribution in [2.45, 2.75) is 51.1 Å². The van der Waals surface area contributed by atoms with Gasteiger partial charge in [0.1, 0.15) is 0 Å². The smallest absolute Gasteiger partial charge is 0.264 e. The van der Waals surface area contributed by atoms with Gasteiger partial charge in [0.2, 0.25) is 0 Å². The van der Waals surface area contributed by atoms with Crippen LogP contribution in [0.4, 0.5) is 5.69 Å². The summed E-state index contributed by atoms with van der Waals surface area (Å²) in [6, 6.07) is 41.4. The van der Waals surface area contributed by atoms with E-state index in [4.69, 9.17) is 11.6 Å². The number of fused-ring (bicyclic) bond motifs is 1. The Bertz CT molecular complexity index is 2570. The molecule has 7 aromatic rings. The zero-order valence-corrected chi connectivity index (χ0v) is 35.1. The molecular weight excluding hydrogens is 784 g/mol. The van der Waals surface area contributed by atoms with Gasteiger partial charge in [-0.05, 0) is 104 Å². The molecule has 0 aliphatic rings. The van der Waals surface area contributed by atoms with E-state index in [0.29, 0.717) is 18.5 Å². The van der Waals surface area contributed by atoms with Gasteiger partial charge in [0.25, 0.3) is 10.0 Å². The molecule has 0 spiro atoms. The SMILES string of the molecule is Cc1ccc(Cl)c(N(CC(=O)CCc2ccncc2)S(=O)(=O)c2ccccc2)c1.Cc1nc2cc(CC(=O)c3ccc(CN(C)Cc4ccccc4)cc3)ccc2s1. The topological polar surface area (TPSA) is 101 Å². The average molecular weight is 829 g/mol. The number of hydrogen-bond donors (Lipinski definition) is 0. The molecule has 0 aliphatic heterocycles. The Hall–Kier alpha value is -5.52. The molecule has 8 nitrogen and oxygen atoms in total. The molecule has 7 rings (SSSR count). The molecular formula is C47H45ClN4O4S2. The largest absolute Gasteiger partial charge is 0.298 e. The monoisotopic (exact) mass is 828 g/mol. The molecule has 0 saturated carbocycles. The van der Waals surface area contributed by atoms with Crippen LogP contribution >= 0.6 is 22.9 Å². The van der Waals surface area contributed by atoms with E-state index < -0.39 is 10.0 Å². The number of ketones is 2. The minimum absolute atomic E-state index is 0.111. The second kappa shape index (κ2) is 19.8. The Kier molecular flexibility index (Phi) is 14.3. The van der Waals surface area contributed by atoms with Crippen molar-refractivity contribution in [3.05, 3.63) is 189 Å². The zero-order valence-electron chi connectivity index (χ0n) is 32.7. The van der Waals surface area contributed by atoms with Crippen LogP contribution in [0.3, 0.4) is 0 Å². The number of aromatic nitrogens is 2. The first-order valence-electron chi connectivity index (χ1n) is 18.9. The van der Waals surface area contributed by atoms with Crippen molar-refractivity contribution < 1.29 is 18.0 Å².